The Morgan fingerprint density at radius 3 is 2.50 bits per heavy atom. The Hall–Kier alpha value is -3.40. The predicted octanol–water partition coefficient (Wildman–Crippen LogP) is 3.84. The van der Waals surface area contributed by atoms with Crippen LogP contribution in [0.1, 0.15) is 5.69 Å². The van der Waals surface area contributed by atoms with Gasteiger partial charge in [-0.25, -0.2) is 9.36 Å². The van der Waals surface area contributed by atoms with E-state index in [1.165, 1.54) is 24.7 Å². The lowest BCUT2D eigenvalue weighted by atomic mass is 10.1. The van der Waals surface area contributed by atoms with Crippen molar-refractivity contribution in [3.8, 4) is 22.7 Å². The number of fused-ring (bicyclic) bond motifs is 1. The number of rotatable bonds is 3. The zero-order valence-electron chi connectivity index (χ0n) is 15.7. The normalized spacial score (nSPS) is 11.8. The van der Waals surface area contributed by atoms with Gasteiger partial charge in [0.25, 0.3) is 5.56 Å². The van der Waals surface area contributed by atoms with Gasteiger partial charge in [-0.05, 0) is 41.9 Å². The lowest BCUT2D eigenvalue weighted by Crippen LogP contribution is -2.40. The van der Waals surface area contributed by atoms with Gasteiger partial charge in [0, 0.05) is 24.1 Å². The smallest absolute Gasteiger partial charge is 0.431 e. The summed E-state index contributed by atoms with van der Waals surface area (Å²) in [5, 5.41) is 0.649. The number of hydrogen-bond donors (Lipinski definition) is 0. The summed E-state index contributed by atoms with van der Waals surface area (Å²) in [7, 11) is 2.51. The maximum absolute atomic E-state index is 13.1. The minimum absolute atomic E-state index is 0.151. The van der Waals surface area contributed by atoms with Gasteiger partial charge in [-0.15, -0.1) is 0 Å². The van der Waals surface area contributed by atoms with Crippen LogP contribution >= 0.6 is 11.5 Å². The second kappa shape index (κ2) is 7.13. The number of aromatic nitrogens is 3. The van der Waals surface area contributed by atoms with E-state index in [1.54, 1.807) is 18.2 Å². The first-order valence-corrected chi connectivity index (χ1v) is 9.43. The summed E-state index contributed by atoms with van der Waals surface area (Å²) in [6, 6.07) is 12.4. The van der Waals surface area contributed by atoms with E-state index in [0.29, 0.717) is 32.0 Å². The Morgan fingerprint density at radius 1 is 1.07 bits per heavy atom. The molecular weight excluding hydrogens is 419 g/mol. The van der Waals surface area contributed by atoms with E-state index in [2.05, 4.69) is 4.37 Å². The molecule has 0 unspecified atom stereocenters. The number of ether oxygens (including phenoxy) is 1. The molecule has 6 nitrogen and oxygen atoms in total. The Labute approximate surface area is 171 Å². The first-order valence-electron chi connectivity index (χ1n) is 8.66. The minimum Gasteiger partial charge on any atom is -0.496 e. The van der Waals surface area contributed by atoms with Crippen LogP contribution in [0.2, 0.25) is 0 Å². The first kappa shape index (κ1) is 19.9. The van der Waals surface area contributed by atoms with Crippen molar-refractivity contribution in [3.05, 3.63) is 75.1 Å². The first-order chi connectivity index (χ1) is 14.2. The van der Waals surface area contributed by atoms with Gasteiger partial charge < -0.3 is 4.74 Å². The fourth-order valence-electron chi connectivity index (χ4n) is 3.24. The molecule has 0 aliphatic carbocycles. The summed E-state index contributed by atoms with van der Waals surface area (Å²) < 4.78 is 51.0. The van der Waals surface area contributed by atoms with Crippen molar-refractivity contribution in [2.75, 3.05) is 7.11 Å². The Morgan fingerprint density at radius 2 is 1.80 bits per heavy atom. The second-order valence-corrected chi connectivity index (χ2v) is 7.26. The number of alkyl halides is 3. The highest BCUT2D eigenvalue weighted by Crippen LogP contribution is 2.36. The third kappa shape index (κ3) is 3.18. The molecule has 2 aromatic heterocycles. The van der Waals surface area contributed by atoms with Crippen molar-refractivity contribution in [1.82, 2.24) is 13.5 Å². The van der Waals surface area contributed by atoms with Crippen molar-refractivity contribution >= 4 is 21.6 Å². The maximum atomic E-state index is 13.1. The van der Waals surface area contributed by atoms with Crippen LogP contribution < -0.4 is 16.0 Å². The van der Waals surface area contributed by atoms with Crippen LogP contribution in [0.25, 0.3) is 27.0 Å². The van der Waals surface area contributed by atoms with Crippen molar-refractivity contribution in [2.45, 2.75) is 6.18 Å². The van der Waals surface area contributed by atoms with Crippen LogP contribution in [-0.4, -0.2) is 20.6 Å². The highest BCUT2D eigenvalue weighted by atomic mass is 32.1. The molecule has 4 rings (SSSR count). The molecule has 0 amide bonds. The largest absolute Gasteiger partial charge is 0.496 e. The number of hydrogen-bond acceptors (Lipinski definition) is 5. The molecule has 0 aliphatic rings. The standard InChI is InChI=1S/C20H14F3N3O3S/c1-25-16(20(21,22)23)10-17(27)26(19(25)28)11-7-8-15-13(9-11)18(24-30-15)12-5-3-4-6-14(12)29-2/h3-10H,1-2H3. The molecule has 0 spiro atoms. The molecule has 0 saturated carbocycles. The number of para-hydroxylation sites is 1. The Balaban J connectivity index is 1.95. The van der Waals surface area contributed by atoms with Gasteiger partial charge in [0.2, 0.25) is 0 Å². The molecule has 4 aromatic rings. The summed E-state index contributed by atoms with van der Waals surface area (Å²) in [6.45, 7) is 0. The average molecular weight is 433 g/mol. The molecule has 0 radical (unpaired) electrons. The molecule has 10 heteroatoms. The van der Waals surface area contributed by atoms with Gasteiger partial charge in [0.15, 0.2) is 0 Å². The van der Waals surface area contributed by atoms with Gasteiger partial charge in [-0.3, -0.25) is 9.36 Å². The highest BCUT2D eigenvalue weighted by Gasteiger charge is 2.35. The van der Waals surface area contributed by atoms with Gasteiger partial charge >= 0.3 is 11.9 Å². The van der Waals surface area contributed by atoms with Gasteiger partial charge in [0.1, 0.15) is 11.4 Å². The van der Waals surface area contributed by atoms with E-state index >= 15 is 0 Å². The number of benzene rings is 2. The van der Waals surface area contributed by atoms with Crippen LogP contribution in [0.5, 0.6) is 5.75 Å². The topological polar surface area (TPSA) is 66.1 Å². The highest BCUT2D eigenvalue weighted by molar-refractivity contribution is 7.13. The van der Waals surface area contributed by atoms with Crippen molar-refractivity contribution in [3.63, 3.8) is 0 Å². The SMILES string of the molecule is COc1ccccc1-c1nsc2ccc(-n3c(=O)cc(C(F)(F)F)n(C)c3=O)cc12. The van der Waals surface area contributed by atoms with Crippen LogP contribution in [0, 0.1) is 0 Å². The molecule has 0 aliphatic heterocycles. The van der Waals surface area contributed by atoms with Gasteiger partial charge in [-0.1, -0.05) is 12.1 Å². The molecule has 0 N–H and O–H groups in total. The fraction of sp³-hybridized carbons (Fsp3) is 0.150. The zero-order valence-corrected chi connectivity index (χ0v) is 16.5. The van der Waals surface area contributed by atoms with Crippen LogP contribution in [0.4, 0.5) is 13.2 Å². The molecule has 154 valence electrons. The van der Waals surface area contributed by atoms with E-state index in [-0.39, 0.29) is 5.69 Å². The number of nitrogens with zero attached hydrogens (tertiary/aromatic N) is 3. The van der Waals surface area contributed by atoms with Crippen LogP contribution in [0.3, 0.4) is 0 Å². The molecule has 0 atom stereocenters. The van der Waals surface area contributed by atoms with E-state index in [0.717, 1.165) is 17.3 Å². The Kier molecular flexibility index (Phi) is 4.73. The Bertz CT molecular complexity index is 1390. The summed E-state index contributed by atoms with van der Waals surface area (Å²) in [5.41, 5.74) is -2.00. The quantitative estimate of drug-likeness (QED) is 0.493. The molecule has 0 fully saturated rings. The zero-order chi connectivity index (χ0) is 21.6. The number of methoxy groups -OCH3 is 1. The average Bonchev–Trinajstić information content (AvgIpc) is 3.13. The fourth-order valence-corrected chi connectivity index (χ4v) is 4.00. The number of halogens is 3. The van der Waals surface area contributed by atoms with E-state index < -0.39 is 23.1 Å². The molecule has 0 bridgehead atoms. The van der Waals surface area contributed by atoms with Crippen molar-refractivity contribution in [2.24, 2.45) is 7.05 Å². The molecule has 2 aromatic carbocycles. The summed E-state index contributed by atoms with van der Waals surface area (Å²) in [5.74, 6) is 0.595. The minimum atomic E-state index is -4.82. The molecule has 0 saturated heterocycles. The van der Waals surface area contributed by atoms with E-state index in [4.69, 9.17) is 4.74 Å². The third-order valence-electron chi connectivity index (χ3n) is 4.68. The van der Waals surface area contributed by atoms with Gasteiger partial charge in [-0.2, -0.15) is 17.5 Å². The van der Waals surface area contributed by atoms with Crippen molar-refractivity contribution < 1.29 is 17.9 Å². The lowest BCUT2D eigenvalue weighted by Gasteiger charge is -2.14. The van der Waals surface area contributed by atoms with Crippen molar-refractivity contribution in [1.29, 1.82) is 0 Å². The second-order valence-electron chi connectivity index (χ2n) is 6.45. The van der Waals surface area contributed by atoms with Gasteiger partial charge in [0.05, 0.1) is 23.2 Å². The molecule has 2 heterocycles. The van der Waals surface area contributed by atoms with Crippen LogP contribution in [-0.2, 0) is 13.2 Å². The predicted molar refractivity (Wildman–Crippen MR) is 107 cm³/mol. The third-order valence-corrected chi connectivity index (χ3v) is 5.51. The summed E-state index contributed by atoms with van der Waals surface area (Å²) >= 11 is 1.22. The maximum Gasteiger partial charge on any atom is 0.431 e. The van der Waals surface area contributed by atoms with E-state index in [1.807, 2.05) is 18.2 Å². The molecular formula is C20H14F3N3O3S. The summed E-state index contributed by atoms with van der Waals surface area (Å²) in [4.78, 5) is 25.0. The van der Waals surface area contributed by atoms with E-state index in [9.17, 15) is 22.8 Å². The summed E-state index contributed by atoms with van der Waals surface area (Å²) in [6.07, 6.45) is -4.82. The monoisotopic (exact) mass is 433 g/mol. The molecule has 30 heavy (non-hydrogen) atoms. The van der Waals surface area contributed by atoms with Crippen LogP contribution in [0.15, 0.2) is 58.1 Å². The lowest BCUT2D eigenvalue weighted by molar-refractivity contribution is -0.144.